The van der Waals surface area contributed by atoms with Crippen molar-refractivity contribution in [3.8, 4) is 17.0 Å². The van der Waals surface area contributed by atoms with Crippen LogP contribution in [0.1, 0.15) is 12.0 Å². The minimum absolute atomic E-state index is 0.0219. The molecule has 4 atom stereocenters. The van der Waals surface area contributed by atoms with Crippen LogP contribution in [0, 0.1) is 0 Å². The van der Waals surface area contributed by atoms with E-state index in [-0.39, 0.29) is 18.2 Å². The molecule has 3 heterocycles. The highest BCUT2D eigenvalue weighted by molar-refractivity contribution is 5.61. The lowest BCUT2D eigenvalue weighted by Gasteiger charge is -2.17. The van der Waals surface area contributed by atoms with Crippen molar-refractivity contribution in [3.05, 3.63) is 72.4 Å². The first kappa shape index (κ1) is 21.8. The average Bonchev–Trinajstić information content (AvgIpc) is 3.46. The summed E-state index contributed by atoms with van der Waals surface area (Å²) in [6, 6.07) is 20.8. The van der Waals surface area contributed by atoms with Crippen molar-refractivity contribution in [2.45, 2.75) is 37.1 Å². The van der Waals surface area contributed by atoms with E-state index < -0.39 is 0 Å². The van der Waals surface area contributed by atoms with Crippen LogP contribution in [-0.4, -0.2) is 61.1 Å². The highest BCUT2D eigenvalue weighted by Gasteiger charge is 2.49. The lowest BCUT2D eigenvalue weighted by atomic mass is 10.1. The van der Waals surface area contributed by atoms with Crippen LogP contribution in [0.4, 0.5) is 5.95 Å². The summed E-state index contributed by atoms with van der Waals surface area (Å²) < 4.78 is 17.5. The smallest absolute Gasteiger partial charge is 0.223 e. The van der Waals surface area contributed by atoms with E-state index in [1.165, 1.54) is 5.56 Å². The molecule has 0 radical (unpaired) electrons. The molecule has 2 aliphatic rings. The molecule has 7 heteroatoms. The Labute approximate surface area is 194 Å². The molecule has 2 saturated heterocycles. The van der Waals surface area contributed by atoms with Crippen LogP contribution < -0.4 is 15.4 Å². The summed E-state index contributed by atoms with van der Waals surface area (Å²) in [5.74, 6) is 1.42. The second kappa shape index (κ2) is 10.3. The predicted octanol–water partition coefficient (Wildman–Crippen LogP) is 2.30. The van der Waals surface area contributed by atoms with E-state index in [1.54, 1.807) is 13.3 Å². The normalized spacial score (nSPS) is 23.9. The molecule has 1 aromatic heterocycles. The van der Waals surface area contributed by atoms with E-state index in [1.807, 2.05) is 30.3 Å². The van der Waals surface area contributed by atoms with Gasteiger partial charge in [0.1, 0.15) is 30.6 Å². The van der Waals surface area contributed by atoms with Crippen LogP contribution >= 0.6 is 0 Å². The van der Waals surface area contributed by atoms with Crippen molar-refractivity contribution in [2.24, 2.45) is 0 Å². The zero-order valence-corrected chi connectivity index (χ0v) is 18.9. The number of hydrogen-bond donors (Lipinski definition) is 2. The lowest BCUT2D eigenvalue weighted by molar-refractivity contribution is -0.693. The number of rotatable bonds is 9. The van der Waals surface area contributed by atoms with Crippen LogP contribution in [-0.2, 0) is 15.9 Å². The number of hydrogen-bond acceptors (Lipinski definition) is 6. The molecular formula is C26H31N4O3+. The molecule has 33 heavy (non-hydrogen) atoms. The highest BCUT2D eigenvalue weighted by Crippen LogP contribution is 2.28. The molecule has 3 aromatic rings. The fraction of sp³-hybridized carbons (Fsp3) is 0.385. The zero-order valence-electron chi connectivity index (χ0n) is 18.9. The fourth-order valence-electron chi connectivity index (χ4n) is 4.65. The van der Waals surface area contributed by atoms with Crippen molar-refractivity contribution >= 4 is 5.95 Å². The minimum atomic E-state index is 0.0219. The molecule has 0 saturated carbocycles. The minimum Gasteiger partial charge on any atom is -0.497 e. The molecule has 2 aliphatic heterocycles. The lowest BCUT2D eigenvalue weighted by Crippen LogP contribution is -2.92. The Morgan fingerprint density at radius 2 is 1.82 bits per heavy atom. The van der Waals surface area contributed by atoms with Gasteiger partial charge in [0.25, 0.3) is 0 Å². The molecule has 172 valence electrons. The van der Waals surface area contributed by atoms with Gasteiger partial charge in [-0.3, -0.25) is 0 Å². The molecule has 0 unspecified atom stereocenters. The number of aryl methyl sites for hydroxylation is 1. The maximum Gasteiger partial charge on any atom is 0.223 e. The molecule has 2 fully saturated rings. The van der Waals surface area contributed by atoms with Crippen molar-refractivity contribution in [1.29, 1.82) is 0 Å². The fourth-order valence-corrected chi connectivity index (χ4v) is 4.65. The first-order chi connectivity index (χ1) is 16.3. The number of nitrogens with one attached hydrogen (secondary N) is 1. The predicted molar refractivity (Wildman–Crippen MR) is 126 cm³/mol. The largest absolute Gasteiger partial charge is 0.497 e. The SMILES string of the molecule is COc1ccc(-c2ccnc(N[C@H]3CO[C@H]4[C@@H]3OC[C@@H]4[NH2+]CCCc3ccccc3)n2)cc1. The van der Waals surface area contributed by atoms with Crippen LogP contribution in [0.2, 0.25) is 0 Å². The van der Waals surface area contributed by atoms with E-state index in [0.717, 1.165) is 36.4 Å². The van der Waals surface area contributed by atoms with Gasteiger partial charge < -0.3 is 24.8 Å². The summed E-state index contributed by atoms with van der Waals surface area (Å²) in [6.45, 7) is 2.38. The standard InChI is InChI=1S/C26H30N4O3/c1-31-20-11-9-19(10-12-20)21-13-15-28-26(29-21)30-23-17-33-24-22(16-32-25(23)24)27-14-5-8-18-6-3-2-4-7-18/h2-4,6-7,9-13,15,22-25,27H,5,8,14,16-17H2,1H3,(H,28,29,30)/p+1/t22-,23-,24+,25+/m0/s1. The van der Waals surface area contributed by atoms with Gasteiger partial charge in [0.2, 0.25) is 5.95 Å². The van der Waals surface area contributed by atoms with Crippen molar-refractivity contribution in [3.63, 3.8) is 0 Å². The maximum absolute atomic E-state index is 6.14. The quantitative estimate of drug-likeness (QED) is 0.490. The van der Waals surface area contributed by atoms with E-state index in [9.17, 15) is 0 Å². The third-order valence-electron chi connectivity index (χ3n) is 6.43. The van der Waals surface area contributed by atoms with Crippen molar-refractivity contribution in [1.82, 2.24) is 9.97 Å². The first-order valence-electron chi connectivity index (χ1n) is 11.6. The third-order valence-corrected chi connectivity index (χ3v) is 6.43. The summed E-state index contributed by atoms with van der Waals surface area (Å²) in [4.78, 5) is 9.12. The van der Waals surface area contributed by atoms with E-state index in [4.69, 9.17) is 19.2 Å². The van der Waals surface area contributed by atoms with Gasteiger partial charge in [-0.15, -0.1) is 0 Å². The van der Waals surface area contributed by atoms with Gasteiger partial charge in [-0.2, -0.15) is 0 Å². The summed E-state index contributed by atoms with van der Waals surface area (Å²) in [7, 11) is 1.66. The van der Waals surface area contributed by atoms with Gasteiger partial charge in [-0.25, -0.2) is 9.97 Å². The van der Waals surface area contributed by atoms with Crippen LogP contribution in [0.15, 0.2) is 66.9 Å². The van der Waals surface area contributed by atoms with Crippen molar-refractivity contribution in [2.75, 3.05) is 32.2 Å². The maximum atomic E-state index is 6.14. The number of nitrogens with two attached hydrogens (primary N) is 1. The number of nitrogens with zero attached hydrogens (tertiary/aromatic N) is 2. The number of anilines is 1. The van der Waals surface area contributed by atoms with Gasteiger partial charge in [-0.05, 0) is 42.3 Å². The Balaban J connectivity index is 1.14. The first-order valence-corrected chi connectivity index (χ1v) is 11.6. The van der Waals surface area contributed by atoms with E-state index >= 15 is 0 Å². The Bertz CT molecular complexity index is 1030. The number of aromatic nitrogens is 2. The summed E-state index contributed by atoms with van der Waals surface area (Å²) >= 11 is 0. The van der Waals surface area contributed by atoms with Gasteiger partial charge >= 0.3 is 0 Å². The van der Waals surface area contributed by atoms with Crippen molar-refractivity contribution < 1.29 is 19.5 Å². The molecule has 0 spiro atoms. The highest BCUT2D eigenvalue weighted by atomic mass is 16.6. The van der Waals surface area contributed by atoms with Gasteiger partial charge in [0.15, 0.2) is 0 Å². The Hall–Kier alpha value is -3.00. The second-order valence-corrected chi connectivity index (χ2v) is 8.62. The molecule has 0 aliphatic carbocycles. The van der Waals surface area contributed by atoms with Crippen LogP contribution in [0.3, 0.4) is 0 Å². The zero-order chi connectivity index (χ0) is 22.5. The van der Waals surface area contributed by atoms with E-state index in [0.29, 0.717) is 25.2 Å². The van der Waals surface area contributed by atoms with Gasteiger partial charge in [0, 0.05) is 18.2 Å². The molecule has 2 aromatic carbocycles. The third kappa shape index (κ3) is 5.16. The molecule has 0 amide bonds. The molecule has 5 rings (SSSR count). The van der Waals surface area contributed by atoms with Crippen LogP contribution in [0.5, 0.6) is 5.75 Å². The molecule has 3 N–H and O–H groups in total. The number of benzene rings is 2. The molecule has 0 bridgehead atoms. The second-order valence-electron chi connectivity index (χ2n) is 8.62. The topological polar surface area (TPSA) is 82.1 Å². The molecule has 7 nitrogen and oxygen atoms in total. The number of quaternary nitrogens is 1. The summed E-state index contributed by atoms with van der Waals surface area (Å²) in [6.07, 6.45) is 4.15. The number of fused-ring (bicyclic) bond motifs is 1. The summed E-state index contributed by atoms with van der Waals surface area (Å²) in [5, 5.41) is 5.83. The van der Waals surface area contributed by atoms with E-state index in [2.05, 4.69) is 45.9 Å². The Morgan fingerprint density at radius 3 is 2.64 bits per heavy atom. The molecular weight excluding hydrogens is 416 g/mol. The Morgan fingerprint density at radius 1 is 1.00 bits per heavy atom. The average molecular weight is 448 g/mol. The monoisotopic (exact) mass is 447 g/mol. The van der Waals surface area contributed by atoms with Crippen LogP contribution in [0.25, 0.3) is 11.3 Å². The summed E-state index contributed by atoms with van der Waals surface area (Å²) in [5.41, 5.74) is 3.27. The van der Waals surface area contributed by atoms with Gasteiger partial charge in [0.05, 0.1) is 32.0 Å². The Kier molecular flexibility index (Phi) is 6.81. The number of ether oxygens (including phenoxy) is 3. The number of methoxy groups -OCH3 is 1. The van der Waals surface area contributed by atoms with Gasteiger partial charge in [-0.1, -0.05) is 30.3 Å².